The van der Waals surface area contributed by atoms with Gasteiger partial charge in [-0.15, -0.1) is 0 Å². The molecule has 0 bridgehead atoms. The molecule has 0 fully saturated rings. The third kappa shape index (κ3) is 28.6. The van der Waals surface area contributed by atoms with Crippen molar-refractivity contribution in [2.75, 3.05) is 0 Å². The summed E-state index contributed by atoms with van der Waals surface area (Å²) in [7, 11) is -7.91. The Morgan fingerprint density at radius 2 is 0.389 bits per heavy atom. The van der Waals surface area contributed by atoms with Gasteiger partial charge in [0, 0.05) is 0 Å². The number of rotatable bonds is 24. The third-order valence-corrected chi connectivity index (χ3v) is 62.5. The first-order valence-corrected chi connectivity index (χ1v) is 49.8. The monoisotopic (exact) mass is 1870 g/mol. The number of hydrogen-bond acceptors (Lipinski definition) is 37. The average molecular weight is 1840 g/mol. The minimum Gasteiger partial charge on any atom is -0.369 e. The fourth-order valence-electron chi connectivity index (χ4n) is 1.41. The quantitative estimate of drug-likeness (QED) is 0.0525. The first-order valence-electron chi connectivity index (χ1n) is 8.78. The molecule has 0 rings (SSSR count). The Kier molecular flexibility index (Phi) is 21.5. The molecule has 0 unspecified atom stereocenters. The van der Waals surface area contributed by atoms with E-state index in [9.17, 15) is 86.1 Å². The van der Waals surface area contributed by atoms with Crippen molar-refractivity contribution >= 4 is 7.82 Å². The number of quaternary nitrogens is 1. The molecule has 0 aromatic carbocycles. The Labute approximate surface area is 334 Å². The fourth-order valence-corrected chi connectivity index (χ4v) is 60.4. The average Bonchev–Trinajstić information content (AvgIpc) is 2.58. The molecule has 54 heavy (non-hydrogen) atoms. The van der Waals surface area contributed by atoms with E-state index < -0.39 is 209 Å². The molecule has 0 heterocycles. The molecule has 0 aliphatic carbocycles. The summed E-state index contributed by atoms with van der Waals surface area (Å²) in [6.07, 6.45) is 0. The SMILES string of the molecule is O=P([O][Mo](=[O])(=[O])[O][Mo](=[O])(=[O])[O][Mo](=[O])(=[O])[O][Mo](=[O])(=[O])[OH])([O][Mo](=[O])(=[O])[O][Mo](=[O])(=[O])[O][Mo](=[O])(=[O])[O][Mo](=[O])(=[O])[OH])[O][Mo](=[O])(=[O])[O][Mo](=[O])(=[O])[O][Mo](=[O])(=[O])[O][Mo](=[O])(=[O])[OH].[NH4+]. The van der Waals surface area contributed by atoms with E-state index in [1.807, 2.05) is 0 Å². The molecular weight excluding hydrogens is 1840 g/mol. The summed E-state index contributed by atoms with van der Waals surface area (Å²) >= 11 is -97.4. The van der Waals surface area contributed by atoms with Crippen LogP contribution in [0.5, 0.6) is 0 Å². The molecule has 0 aliphatic rings. The minimum absolute atomic E-state index is 0. The van der Waals surface area contributed by atoms with Gasteiger partial charge >= 0.3 is 334 Å². The van der Waals surface area contributed by atoms with Crippen molar-refractivity contribution in [1.82, 2.24) is 6.15 Å². The van der Waals surface area contributed by atoms with E-state index in [-0.39, 0.29) is 6.15 Å². The van der Waals surface area contributed by atoms with E-state index in [0.29, 0.717) is 0 Å². The largest absolute Gasteiger partial charge is 0.369 e. The summed E-state index contributed by atoms with van der Waals surface area (Å²) in [5.74, 6) is 0. The van der Waals surface area contributed by atoms with Crippen LogP contribution >= 0.6 is 7.82 Å². The molecule has 0 saturated heterocycles. The van der Waals surface area contributed by atoms with Crippen LogP contribution in [0.2, 0.25) is 0 Å². The van der Waals surface area contributed by atoms with Gasteiger partial charge in [-0.2, -0.15) is 0 Å². The fraction of sp³-hybridized carbons (Fsp3) is 0. The van der Waals surface area contributed by atoms with Crippen molar-refractivity contribution in [3.05, 3.63) is 0 Å². The van der Waals surface area contributed by atoms with Crippen LogP contribution in [0, 0.1) is 0 Å². The van der Waals surface area contributed by atoms with Crippen LogP contribution in [0.15, 0.2) is 0 Å². The topological polar surface area (TPSA) is 635 Å². The predicted octanol–water partition coefficient (Wildman–Crippen LogP) is -4.25. The maximum Gasteiger partial charge on any atom is -0.369 e. The summed E-state index contributed by atoms with van der Waals surface area (Å²) in [6, 6.07) is 0. The van der Waals surface area contributed by atoms with Crippen LogP contribution in [-0.2, 0) is 315 Å². The second-order valence-electron chi connectivity index (χ2n) is 6.24. The Morgan fingerprint density at radius 3 is 0.537 bits per heavy atom. The van der Waals surface area contributed by atoms with Gasteiger partial charge in [-0.3, -0.25) is 0 Å². The molecule has 7 N–H and O–H groups in total. The predicted molar refractivity (Wildman–Crippen MR) is 49.7 cm³/mol. The van der Waals surface area contributed by atoms with Gasteiger partial charge in [-0.05, 0) is 0 Å². The Hall–Kier alpha value is 3.05. The Bertz CT molecular complexity index is 2510. The second kappa shape index (κ2) is 19.6. The van der Waals surface area contributed by atoms with Gasteiger partial charge < -0.3 is 6.15 Å². The zero-order valence-electron chi connectivity index (χ0n) is 22.8. The summed E-state index contributed by atoms with van der Waals surface area (Å²) in [5, 5.41) is 0. The van der Waals surface area contributed by atoms with Crippen molar-refractivity contribution in [3.8, 4) is 0 Å². The molecule has 41 nitrogen and oxygen atoms in total. The zero-order valence-corrected chi connectivity index (χ0v) is 47.8. The Morgan fingerprint density at radius 1 is 0.259 bits per heavy atom. The van der Waals surface area contributed by atoms with E-state index in [1.54, 1.807) is 0 Å². The summed E-state index contributed by atoms with van der Waals surface area (Å²) in [4.78, 5) is 0. The van der Waals surface area contributed by atoms with E-state index in [1.165, 1.54) is 0 Å². The molecule has 328 valence electrons. The van der Waals surface area contributed by atoms with Gasteiger partial charge in [0.25, 0.3) is 0 Å². The van der Waals surface area contributed by atoms with Gasteiger partial charge in [0.1, 0.15) is 0 Å². The molecular formula is H7Mo12NO40P+. The van der Waals surface area contributed by atoms with Crippen LogP contribution in [0.25, 0.3) is 0 Å². The van der Waals surface area contributed by atoms with Gasteiger partial charge in [0.2, 0.25) is 0 Å². The van der Waals surface area contributed by atoms with Crippen molar-refractivity contribution in [2.24, 2.45) is 0 Å². The summed E-state index contributed by atoms with van der Waals surface area (Å²) in [6.45, 7) is 0. The van der Waals surface area contributed by atoms with Gasteiger partial charge in [-0.25, -0.2) is 0 Å². The van der Waals surface area contributed by atoms with E-state index in [2.05, 4.69) is 27.9 Å². The van der Waals surface area contributed by atoms with Crippen molar-refractivity contribution in [2.45, 2.75) is 0 Å². The van der Waals surface area contributed by atoms with Gasteiger partial charge in [-0.1, -0.05) is 0 Å². The van der Waals surface area contributed by atoms with E-state index >= 15 is 0 Å². The first kappa shape index (κ1) is 59.1. The van der Waals surface area contributed by atoms with Crippen molar-refractivity contribution < 1.29 is 326 Å². The number of hydrogen-bond donors (Lipinski definition) is 4. The van der Waals surface area contributed by atoms with E-state index in [4.69, 9.17) is 11.3 Å². The van der Waals surface area contributed by atoms with E-state index in [0.717, 1.165) is 0 Å². The summed E-state index contributed by atoms with van der Waals surface area (Å²) in [5.41, 5.74) is 0. The molecule has 0 atom stereocenters. The first-order chi connectivity index (χ1) is 22.5. The molecule has 0 saturated carbocycles. The van der Waals surface area contributed by atoms with Crippen LogP contribution in [-0.4, -0.2) is 11.3 Å². The summed E-state index contributed by atoms with van der Waals surface area (Å²) < 4.78 is 347. The standard InChI is InChI=1S/12Mo.H3N.H3O4P.3H2O.33O/c;;;;;;;;;;;;;1-5(2,3)4;;;;;;;;;;;;;;;;;;;;;;;;;;;;;;;;;;;;/h;;;;;;;;;;;;1H3;(H3,1,2,3,4);3*1H2;;;;;;;;;;;;;;;;;;;;;;;;;;;;;;;;;/q;;;;;;6*+1;;;;;;;;;;;;;;;;;;;;;;;;;;;;;;;;;;;;;;/p-5. The molecule has 0 spiro atoms. The second-order valence-corrected chi connectivity index (χ2v) is 56.1. The van der Waals surface area contributed by atoms with Gasteiger partial charge in [0.05, 0.1) is 0 Å². The zero-order chi connectivity index (χ0) is 43.0. The van der Waals surface area contributed by atoms with Crippen molar-refractivity contribution in [3.63, 3.8) is 0 Å². The molecule has 0 aromatic rings. The molecule has 0 amide bonds. The van der Waals surface area contributed by atoms with Crippen LogP contribution in [0.1, 0.15) is 0 Å². The smallest absolute Gasteiger partial charge is 0.369 e. The van der Waals surface area contributed by atoms with Crippen LogP contribution < -0.4 is 6.15 Å². The van der Waals surface area contributed by atoms with Crippen LogP contribution in [0.3, 0.4) is 0 Å². The molecule has 0 aromatic heterocycles. The Balaban J connectivity index is 0. The van der Waals surface area contributed by atoms with Gasteiger partial charge in [0.15, 0.2) is 0 Å². The molecule has 0 aliphatic heterocycles. The molecule has 0 radical (unpaired) electrons. The number of phosphoric acid groups is 1. The normalized spacial score (nSPS) is 15.3. The van der Waals surface area contributed by atoms with Crippen LogP contribution in [0.4, 0.5) is 0 Å². The van der Waals surface area contributed by atoms with Crippen molar-refractivity contribution in [1.29, 1.82) is 0 Å². The third-order valence-electron chi connectivity index (χ3n) is 2.06. The minimum atomic E-state index is -8.79. The molecule has 54 heteroatoms. The maximum absolute atomic E-state index is 12.8. The maximum atomic E-state index is 12.8.